The fourth-order valence-corrected chi connectivity index (χ4v) is 5.86. The third kappa shape index (κ3) is 6.31. The molecule has 0 spiro atoms. The molecule has 8 nitrogen and oxygen atoms in total. The second-order valence-corrected chi connectivity index (χ2v) is 11.9. The molecule has 1 aliphatic heterocycles. The smallest absolute Gasteiger partial charge is 0.419 e. The summed E-state index contributed by atoms with van der Waals surface area (Å²) in [5, 5.41) is 1.15. The molecule has 0 aliphatic carbocycles. The second kappa shape index (κ2) is 11.5. The Bertz CT molecular complexity index is 1670. The zero-order valence-electron chi connectivity index (χ0n) is 24.5. The molecule has 1 atom stereocenters. The first-order valence-electron chi connectivity index (χ1n) is 14.1. The van der Waals surface area contributed by atoms with Gasteiger partial charge in [0.25, 0.3) is 0 Å². The Kier molecular flexibility index (Phi) is 8.13. The van der Waals surface area contributed by atoms with Gasteiger partial charge in [0.1, 0.15) is 11.5 Å². The van der Waals surface area contributed by atoms with Crippen LogP contribution in [0, 0.1) is 0 Å². The molecule has 0 saturated carbocycles. The summed E-state index contributed by atoms with van der Waals surface area (Å²) in [6, 6.07) is 14.1. The lowest BCUT2D eigenvalue weighted by molar-refractivity contribution is -0.148. The monoisotopic (exact) mass is 597 g/mol. The maximum Gasteiger partial charge on any atom is 0.419 e. The molecule has 0 bridgehead atoms. The third-order valence-corrected chi connectivity index (χ3v) is 7.70. The number of ether oxygens (including phenoxy) is 2. The summed E-state index contributed by atoms with van der Waals surface area (Å²) >= 11 is 0. The van der Waals surface area contributed by atoms with E-state index in [1.54, 1.807) is 57.3 Å². The average Bonchev–Trinajstić information content (AvgIpc) is 3.51. The molecule has 5 rings (SSSR count). The number of esters is 1. The molecule has 0 radical (unpaired) electrons. The van der Waals surface area contributed by atoms with Gasteiger partial charge in [-0.05, 0) is 51.3 Å². The van der Waals surface area contributed by atoms with Crippen molar-refractivity contribution in [3.63, 3.8) is 0 Å². The number of alkyl halides is 3. The van der Waals surface area contributed by atoms with Gasteiger partial charge in [0, 0.05) is 53.4 Å². The van der Waals surface area contributed by atoms with Gasteiger partial charge in [-0.2, -0.15) is 13.2 Å². The highest BCUT2D eigenvalue weighted by Crippen LogP contribution is 2.37. The number of ketones is 1. The van der Waals surface area contributed by atoms with Crippen LogP contribution in [-0.2, 0) is 14.3 Å². The molecule has 0 N–H and O–H groups in total. The lowest BCUT2D eigenvalue weighted by Gasteiger charge is -2.33. The van der Waals surface area contributed by atoms with Gasteiger partial charge in [-0.3, -0.25) is 19.1 Å². The molecule has 1 saturated heterocycles. The number of likely N-dealkylation sites (tertiary alicyclic amines) is 1. The topological polar surface area (TPSA) is 82.8 Å². The largest absolute Gasteiger partial charge is 0.468 e. The van der Waals surface area contributed by atoms with E-state index in [1.165, 1.54) is 22.8 Å². The number of hydrogen-bond donors (Lipinski definition) is 0. The van der Waals surface area contributed by atoms with Crippen LogP contribution in [0.1, 0.15) is 61.5 Å². The van der Waals surface area contributed by atoms with Crippen LogP contribution in [0.3, 0.4) is 0 Å². The maximum atomic E-state index is 14.3. The molecule has 11 heteroatoms. The third-order valence-electron chi connectivity index (χ3n) is 7.70. The SMILES string of the molecule is COC(=O)C(C(=O)c1cn(C(=O)OC(C)(C)C)c2ccccc12)c1cn(C2CCN(CC(F)(F)F)CC2)c2ccccc12. The molecule has 0 amide bonds. The van der Waals surface area contributed by atoms with Gasteiger partial charge in [-0.15, -0.1) is 0 Å². The number of halogens is 3. The lowest BCUT2D eigenvalue weighted by Crippen LogP contribution is -2.40. The fourth-order valence-electron chi connectivity index (χ4n) is 5.86. The van der Waals surface area contributed by atoms with Crippen LogP contribution in [0.15, 0.2) is 60.9 Å². The van der Waals surface area contributed by atoms with Crippen molar-refractivity contribution < 1.29 is 37.0 Å². The zero-order valence-corrected chi connectivity index (χ0v) is 24.5. The van der Waals surface area contributed by atoms with Gasteiger partial charge in [0.05, 0.1) is 19.2 Å². The van der Waals surface area contributed by atoms with Crippen LogP contribution >= 0.6 is 0 Å². The van der Waals surface area contributed by atoms with Crippen molar-refractivity contribution in [3.8, 4) is 0 Å². The van der Waals surface area contributed by atoms with Gasteiger partial charge < -0.3 is 14.0 Å². The maximum absolute atomic E-state index is 14.3. The highest BCUT2D eigenvalue weighted by atomic mass is 19.4. The molecule has 2 aromatic heterocycles. The summed E-state index contributed by atoms with van der Waals surface area (Å²) in [5.41, 5.74) is 1.04. The summed E-state index contributed by atoms with van der Waals surface area (Å²) in [7, 11) is 1.21. The Morgan fingerprint density at radius 3 is 2.12 bits per heavy atom. The molecule has 1 fully saturated rings. The summed E-state index contributed by atoms with van der Waals surface area (Å²) in [6.07, 6.45) is -0.816. The number of rotatable bonds is 6. The van der Waals surface area contributed by atoms with E-state index in [0.29, 0.717) is 34.7 Å². The van der Waals surface area contributed by atoms with E-state index in [0.717, 1.165) is 5.52 Å². The Balaban J connectivity index is 1.55. The van der Waals surface area contributed by atoms with Crippen LogP contribution < -0.4 is 0 Å². The Morgan fingerprint density at radius 1 is 0.907 bits per heavy atom. The van der Waals surface area contributed by atoms with E-state index in [-0.39, 0.29) is 24.7 Å². The summed E-state index contributed by atoms with van der Waals surface area (Å²) in [5.74, 6) is -2.66. The Hall–Kier alpha value is -4.12. The predicted molar refractivity (Wildman–Crippen MR) is 155 cm³/mol. The van der Waals surface area contributed by atoms with Crippen LogP contribution in [0.2, 0.25) is 0 Å². The molecule has 1 aliphatic rings. The molecule has 3 heterocycles. The van der Waals surface area contributed by atoms with E-state index in [2.05, 4.69) is 0 Å². The number of carbonyl (C=O) groups excluding carboxylic acids is 3. The minimum absolute atomic E-state index is 0.120. The number of fused-ring (bicyclic) bond motifs is 2. The summed E-state index contributed by atoms with van der Waals surface area (Å²) in [4.78, 5) is 42.1. The molecular weight excluding hydrogens is 563 g/mol. The Labute approximate surface area is 246 Å². The van der Waals surface area contributed by atoms with Crippen molar-refractivity contribution in [2.75, 3.05) is 26.7 Å². The second-order valence-electron chi connectivity index (χ2n) is 11.9. The van der Waals surface area contributed by atoms with Crippen molar-refractivity contribution in [1.29, 1.82) is 0 Å². The quantitative estimate of drug-likeness (QED) is 0.140. The molecule has 43 heavy (non-hydrogen) atoms. The number of nitrogens with zero attached hydrogens (tertiary/aromatic N) is 3. The number of benzene rings is 2. The molecule has 1 unspecified atom stereocenters. The number of piperidine rings is 1. The molecule has 4 aromatic rings. The van der Waals surface area contributed by atoms with Crippen LogP contribution in [0.25, 0.3) is 21.8 Å². The molecular formula is C32H34F3N3O5. The van der Waals surface area contributed by atoms with Crippen molar-refractivity contribution in [2.24, 2.45) is 0 Å². The van der Waals surface area contributed by atoms with Crippen molar-refractivity contribution in [2.45, 2.75) is 57.3 Å². The minimum Gasteiger partial charge on any atom is -0.468 e. The first-order chi connectivity index (χ1) is 20.3. The normalized spacial score (nSPS) is 16.0. The standard InChI is InChI=1S/C32H34F3N3O5/c1-31(2,3)43-30(41)38-18-24(22-10-6-8-12-26(22)38)28(39)27(29(40)42-4)23-17-37(25-11-7-5-9-21(23)25)20-13-15-36(16-14-20)19-32(33,34)35/h5-12,17-18,20,27H,13-16,19H2,1-4H3. The van der Waals surface area contributed by atoms with Gasteiger partial charge >= 0.3 is 18.2 Å². The van der Waals surface area contributed by atoms with E-state index in [9.17, 15) is 27.6 Å². The first kappa shape index (κ1) is 30.3. The van der Waals surface area contributed by atoms with E-state index < -0.39 is 42.1 Å². The van der Waals surface area contributed by atoms with Crippen molar-refractivity contribution >= 4 is 39.7 Å². The van der Waals surface area contributed by atoms with Gasteiger partial charge in [-0.25, -0.2) is 4.79 Å². The van der Waals surface area contributed by atoms with E-state index in [1.807, 2.05) is 22.8 Å². The lowest BCUT2D eigenvalue weighted by atomic mass is 9.90. The van der Waals surface area contributed by atoms with Gasteiger partial charge in [0.15, 0.2) is 5.78 Å². The Morgan fingerprint density at radius 2 is 1.51 bits per heavy atom. The van der Waals surface area contributed by atoms with E-state index in [4.69, 9.17) is 9.47 Å². The highest BCUT2D eigenvalue weighted by Gasteiger charge is 2.37. The first-order valence-corrected chi connectivity index (χ1v) is 14.1. The van der Waals surface area contributed by atoms with Gasteiger partial charge in [0.2, 0.25) is 0 Å². The number of hydrogen-bond acceptors (Lipinski definition) is 6. The molecule has 228 valence electrons. The number of aromatic nitrogens is 2. The number of methoxy groups -OCH3 is 1. The average molecular weight is 598 g/mol. The van der Waals surface area contributed by atoms with Crippen LogP contribution in [-0.4, -0.2) is 70.4 Å². The number of carbonyl (C=O) groups is 3. The van der Waals surface area contributed by atoms with Crippen LogP contribution in [0.4, 0.5) is 18.0 Å². The highest BCUT2D eigenvalue weighted by molar-refractivity contribution is 6.20. The summed E-state index contributed by atoms with van der Waals surface area (Å²) < 4.78 is 52.8. The fraction of sp³-hybridized carbons (Fsp3) is 0.406. The van der Waals surface area contributed by atoms with Crippen molar-refractivity contribution in [1.82, 2.24) is 14.0 Å². The summed E-state index contributed by atoms with van der Waals surface area (Å²) in [6.45, 7) is 4.82. The number of para-hydroxylation sites is 2. The number of Topliss-reactive ketones (excluding diaryl/α,β-unsaturated/α-hetero) is 1. The van der Waals surface area contributed by atoms with Crippen molar-refractivity contribution in [3.05, 3.63) is 72.1 Å². The van der Waals surface area contributed by atoms with E-state index >= 15 is 0 Å². The minimum atomic E-state index is -4.26. The molecule has 2 aromatic carbocycles. The van der Waals surface area contributed by atoms with Gasteiger partial charge in [-0.1, -0.05) is 36.4 Å². The predicted octanol–water partition coefficient (Wildman–Crippen LogP) is 6.72. The van der Waals surface area contributed by atoms with Crippen LogP contribution in [0.5, 0.6) is 0 Å². The zero-order chi connectivity index (χ0) is 31.1.